The second kappa shape index (κ2) is 7.81. The van der Waals surface area contributed by atoms with E-state index in [1.54, 1.807) is 41.9 Å². The molecule has 2 aromatic carbocycles. The molecule has 1 atom stereocenters. The van der Waals surface area contributed by atoms with E-state index >= 15 is 0 Å². The summed E-state index contributed by atoms with van der Waals surface area (Å²) >= 11 is 1.52. The van der Waals surface area contributed by atoms with Gasteiger partial charge in [-0.3, -0.25) is 4.79 Å². The van der Waals surface area contributed by atoms with E-state index in [4.69, 9.17) is 4.74 Å². The van der Waals surface area contributed by atoms with Crippen LogP contribution in [0.15, 0.2) is 59.4 Å². The van der Waals surface area contributed by atoms with Gasteiger partial charge in [-0.15, -0.1) is 11.3 Å². The van der Waals surface area contributed by atoms with E-state index in [1.807, 2.05) is 24.4 Å². The van der Waals surface area contributed by atoms with Crippen molar-refractivity contribution in [3.63, 3.8) is 0 Å². The number of ether oxygens (including phenoxy) is 1. The van der Waals surface area contributed by atoms with E-state index in [2.05, 4.69) is 10.3 Å². The van der Waals surface area contributed by atoms with Gasteiger partial charge in [-0.25, -0.2) is 4.98 Å². The van der Waals surface area contributed by atoms with Gasteiger partial charge in [0.25, 0.3) is 5.91 Å². The van der Waals surface area contributed by atoms with Crippen molar-refractivity contribution in [3.8, 4) is 11.5 Å². The van der Waals surface area contributed by atoms with Crippen LogP contribution in [0.2, 0.25) is 0 Å². The lowest BCUT2D eigenvalue weighted by atomic mass is 10.1. The number of benzene rings is 2. The molecule has 0 bridgehead atoms. The number of nitrogens with zero attached hydrogens (tertiary/aromatic N) is 1. The third kappa shape index (κ3) is 4.58. The summed E-state index contributed by atoms with van der Waals surface area (Å²) in [6.07, 6.45) is 0. The summed E-state index contributed by atoms with van der Waals surface area (Å²) in [5.41, 5.74) is 3.97. The first-order valence-electron chi connectivity index (χ1n) is 7.81. The molecule has 1 heterocycles. The van der Waals surface area contributed by atoms with Crippen molar-refractivity contribution < 1.29 is 14.6 Å². The number of hydrogen-bond acceptors (Lipinski definition) is 5. The number of phenolic OH excluding ortho intramolecular Hbond substituents is 1. The molecular formula is C19H18N2O3S. The number of nitrogens with one attached hydrogen (secondary N) is 1. The summed E-state index contributed by atoms with van der Waals surface area (Å²) in [6.45, 7) is 2.24. The number of aromatic nitrogens is 1. The number of amides is 1. The molecule has 0 unspecified atom stereocenters. The fraction of sp³-hybridized carbons (Fsp3) is 0.158. The number of phenols is 1. The quantitative estimate of drug-likeness (QED) is 0.704. The lowest BCUT2D eigenvalue weighted by molar-refractivity contribution is 0.0939. The molecule has 0 saturated carbocycles. The van der Waals surface area contributed by atoms with Gasteiger partial charge in [0.2, 0.25) is 0 Å². The Morgan fingerprint density at radius 2 is 2.12 bits per heavy atom. The Labute approximate surface area is 149 Å². The van der Waals surface area contributed by atoms with Crippen molar-refractivity contribution in [1.29, 1.82) is 0 Å². The Bertz CT molecular complexity index is 849. The van der Waals surface area contributed by atoms with E-state index in [9.17, 15) is 9.90 Å². The van der Waals surface area contributed by atoms with Crippen LogP contribution in [0.25, 0.3) is 0 Å². The number of rotatable bonds is 6. The first-order valence-corrected chi connectivity index (χ1v) is 8.76. The lowest BCUT2D eigenvalue weighted by Crippen LogP contribution is -2.26. The van der Waals surface area contributed by atoms with Crippen molar-refractivity contribution in [3.05, 3.63) is 76.2 Å². The zero-order chi connectivity index (χ0) is 17.6. The number of hydrogen-bond donors (Lipinski definition) is 2. The molecule has 0 radical (unpaired) electrons. The van der Waals surface area contributed by atoms with Gasteiger partial charge in [0.15, 0.2) is 0 Å². The largest absolute Gasteiger partial charge is 0.508 e. The van der Waals surface area contributed by atoms with Crippen LogP contribution in [-0.4, -0.2) is 16.0 Å². The predicted molar refractivity (Wildman–Crippen MR) is 96.9 cm³/mol. The number of carbonyl (C=O) groups excluding carboxylic acids is 1. The van der Waals surface area contributed by atoms with Gasteiger partial charge < -0.3 is 15.2 Å². The van der Waals surface area contributed by atoms with Crippen molar-refractivity contribution in [2.75, 3.05) is 0 Å². The zero-order valence-corrected chi connectivity index (χ0v) is 14.5. The topological polar surface area (TPSA) is 71.5 Å². The lowest BCUT2D eigenvalue weighted by Gasteiger charge is -2.15. The molecule has 0 spiro atoms. The molecule has 25 heavy (non-hydrogen) atoms. The van der Waals surface area contributed by atoms with Crippen LogP contribution in [0.4, 0.5) is 0 Å². The van der Waals surface area contributed by atoms with Crippen molar-refractivity contribution in [2.45, 2.75) is 19.6 Å². The van der Waals surface area contributed by atoms with Gasteiger partial charge >= 0.3 is 0 Å². The fourth-order valence-corrected chi connectivity index (χ4v) is 2.89. The van der Waals surface area contributed by atoms with Crippen LogP contribution < -0.4 is 10.1 Å². The summed E-state index contributed by atoms with van der Waals surface area (Å²) in [7, 11) is 0. The molecule has 0 aliphatic heterocycles. The van der Waals surface area contributed by atoms with E-state index in [1.165, 1.54) is 11.3 Å². The third-order valence-corrected chi connectivity index (χ3v) is 4.32. The molecule has 0 aliphatic carbocycles. The molecule has 0 fully saturated rings. The van der Waals surface area contributed by atoms with E-state index < -0.39 is 0 Å². The first-order chi connectivity index (χ1) is 12.1. The van der Waals surface area contributed by atoms with Crippen LogP contribution >= 0.6 is 11.3 Å². The van der Waals surface area contributed by atoms with Crippen LogP contribution in [0.3, 0.4) is 0 Å². The van der Waals surface area contributed by atoms with Gasteiger partial charge in [-0.2, -0.15) is 0 Å². The molecule has 2 N–H and O–H groups in total. The Morgan fingerprint density at radius 3 is 2.88 bits per heavy atom. The Hall–Kier alpha value is -2.86. The average molecular weight is 354 g/mol. The van der Waals surface area contributed by atoms with Crippen molar-refractivity contribution >= 4 is 17.2 Å². The smallest absolute Gasteiger partial charge is 0.251 e. The fourth-order valence-electron chi connectivity index (χ4n) is 2.35. The van der Waals surface area contributed by atoms with Gasteiger partial charge in [0.1, 0.15) is 18.1 Å². The van der Waals surface area contributed by atoms with Gasteiger partial charge in [-0.05, 0) is 42.8 Å². The molecule has 3 rings (SSSR count). The van der Waals surface area contributed by atoms with E-state index in [0.29, 0.717) is 17.9 Å². The summed E-state index contributed by atoms with van der Waals surface area (Å²) in [4.78, 5) is 16.6. The van der Waals surface area contributed by atoms with Crippen LogP contribution in [0.5, 0.6) is 11.5 Å². The van der Waals surface area contributed by atoms with Crippen molar-refractivity contribution in [1.82, 2.24) is 10.3 Å². The molecule has 6 heteroatoms. The predicted octanol–water partition coefficient (Wildman–Crippen LogP) is 3.92. The third-order valence-electron chi connectivity index (χ3n) is 3.68. The van der Waals surface area contributed by atoms with Gasteiger partial charge in [0.05, 0.1) is 17.2 Å². The van der Waals surface area contributed by atoms with Crippen LogP contribution in [0.1, 0.15) is 34.6 Å². The van der Waals surface area contributed by atoms with Crippen LogP contribution in [-0.2, 0) is 6.61 Å². The van der Waals surface area contributed by atoms with Gasteiger partial charge in [0, 0.05) is 10.9 Å². The average Bonchev–Trinajstić information content (AvgIpc) is 3.14. The standard InChI is InChI=1S/C19H18N2O3S/c1-13(14-4-2-6-17(22)8-14)21-19(23)15-5-3-7-18(9-15)24-10-16-11-25-12-20-16/h2-9,11-13,22H,10H2,1H3,(H,21,23)/t13-/m1/s1. The maximum atomic E-state index is 12.5. The molecule has 0 saturated heterocycles. The van der Waals surface area contributed by atoms with Crippen molar-refractivity contribution in [2.24, 2.45) is 0 Å². The Morgan fingerprint density at radius 1 is 1.28 bits per heavy atom. The van der Waals surface area contributed by atoms with E-state index in [0.717, 1.165) is 11.3 Å². The highest BCUT2D eigenvalue weighted by atomic mass is 32.1. The maximum Gasteiger partial charge on any atom is 0.251 e. The Balaban J connectivity index is 1.64. The second-order valence-corrected chi connectivity index (χ2v) is 6.31. The summed E-state index contributed by atoms with van der Waals surface area (Å²) in [5.74, 6) is 0.594. The van der Waals surface area contributed by atoms with Crippen LogP contribution in [0, 0.1) is 0 Å². The SMILES string of the molecule is C[C@@H](NC(=O)c1cccc(OCc2cscn2)c1)c1cccc(O)c1. The zero-order valence-electron chi connectivity index (χ0n) is 13.7. The highest BCUT2D eigenvalue weighted by molar-refractivity contribution is 7.07. The summed E-state index contributed by atoms with van der Waals surface area (Å²) < 4.78 is 5.68. The monoisotopic (exact) mass is 354 g/mol. The molecular weight excluding hydrogens is 336 g/mol. The highest BCUT2D eigenvalue weighted by Crippen LogP contribution is 2.19. The highest BCUT2D eigenvalue weighted by Gasteiger charge is 2.12. The number of carbonyl (C=O) groups is 1. The molecule has 3 aromatic rings. The molecule has 128 valence electrons. The normalized spacial score (nSPS) is 11.7. The molecule has 1 aromatic heterocycles. The minimum absolute atomic E-state index is 0.177. The second-order valence-electron chi connectivity index (χ2n) is 5.59. The summed E-state index contributed by atoms with van der Waals surface area (Å²) in [6, 6.07) is 13.7. The molecule has 0 aliphatic rings. The maximum absolute atomic E-state index is 12.5. The number of aromatic hydroxyl groups is 1. The molecule has 1 amide bonds. The van der Waals surface area contributed by atoms with Gasteiger partial charge in [-0.1, -0.05) is 18.2 Å². The van der Waals surface area contributed by atoms with E-state index in [-0.39, 0.29) is 17.7 Å². The minimum atomic E-state index is -0.223. The number of thiazole rings is 1. The summed E-state index contributed by atoms with van der Waals surface area (Å²) in [5, 5.41) is 14.4. The molecule has 5 nitrogen and oxygen atoms in total. The Kier molecular flexibility index (Phi) is 5.30. The minimum Gasteiger partial charge on any atom is -0.508 e. The first kappa shape index (κ1) is 17.0.